The second-order valence-corrected chi connectivity index (χ2v) is 10.2. The highest BCUT2D eigenvalue weighted by molar-refractivity contribution is 7.92. The number of carbonyl (C=O) groups excluding carboxylic acids is 2. The number of aryl methyl sites for hydroxylation is 2. The van der Waals surface area contributed by atoms with E-state index < -0.39 is 21.9 Å². The van der Waals surface area contributed by atoms with Crippen molar-refractivity contribution in [1.29, 1.82) is 0 Å². The largest absolute Gasteiger partial charge is 0.423 e. The molecule has 0 unspecified atom stereocenters. The van der Waals surface area contributed by atoms with E-state index in [0.29, 0.717) is 28.1 Å². The Balaban J connectivity index is 1.30. The number of esters is 1. The van der Waals surface area contributed by atoms with Crippen LogP contribution in [-0.4, -0.2) is 26.5 Å². The molecule has 0 heterocycles. The van der Waals surface area contributed by atoms with Crippen LogP contribution in [0.5, 0.6) is 5.75 Å². The molecule has 38 heavy (non-hydrogen) atoms. The average Bonchev–Trinajstić information content (AvgIpc) is 2.90. The van der Waals surface area contributed by atoms with Gasteiger partial charge >= 0.3 is 5.97 Å². The zero-order valence-corrected chi connectivity index (χ0v) is 21.5. The number of nitrogens with zero attached hydrogens (tertiary/aromatic N) is 1. The van der Waals surface area contributed by atoms with E-state index in [9.17, 15) is 18.0 Å². The van der Waals surface area contributed by atoms with Crippen molar-refractivity contribution in [3.8, 4) is 5.75 Å². The molecular weight excluding hydrogens is 502 g/mol. The van der Waals surface area contributed by atoms with Crippen molar-refractivity contribution in [3.63, 3.8) is 0 Å². The Labute approximate surface area is 221 Å². The number of sulfonamides is 1. The molecule has 0 saturated carbocycles. The number of hydrogen-bond donors (Lipinski definition) is 2. The van der Waals surface area contributed by atoms with E-state index in [1.807, 2.05) is 26.0 Å². The van der Waals surface area contributed by atoms with Gasteiger partial charge in [0.1, 0.15) is 5.75 Å². The van der Waals surface area contributed by atoms with Crippen LogP contribution in [0.2, 0.25) is 0 Å². The van der Waals surface area contributed by atoms with Gasteiger partial charge in [-0.1, -0.05) is 35.4 Å². The van der Waals surface area contributed by atoms with Gasteiger partial charge in [0, 0.05) is 11.3 Å². The lowest BCUT2D eigenvalue weighted by Crippen LogP contribution is -2.18. The summed E-state index contributed by atoms with van der Waals surface area (Å²) in [6.45, 7) is 3.81. The molecule has 2 N–H and O–H groups in total. The van der Waals surface area contributed by atoms with E-state index in [2.05, 4.69) is 15.2 Å². The Morgan fingerprint density at radius 3 is 1.89 bits per heavy atom. The Bertz CT molecular complexity index is 1560. The van der Waals surface area contributed by atoms with Crippen molar-refractivity contribution in [2.75, 3.05) is 4.72 Å². The molecule has 0 bridgehead atoms. The summed E-state index contributed by atoms with van der Waals surface area (Å²) in [4.78, 5) is 24.8. The maximum atomic E-state index is 12.5. The highest BCUT2D eigenvalue weighted by Gasteiger charge is 2.14. The van der Waals surface area contributed by atoms with Gasteiger partial charge in [0.25, 0.3) is 15.9 Å². The summed E-state index contributed by atoms with van der Waals surface area (Å²) in [5, 5.41) is 3.95. The number of amides is 1. The summed E-state index contributed by atoms with van der Waals surface area (Å²) >= 11 is 0. The van der Waals surface area contributed by atoms with Gasteiger partial charge in [-0.15, -0.1) is 0 Å². The molecule has 0 aliphatic rings. The van der Waals surface area contributed by atoms with Gasteiger partial charge in [0.15, 0.2) is 0 Å². The predicted octanol–water partition coefficient (Wildman–Crippen LogP) is 5.09. The molecule has 4 aromatic rings. The molecule has 0 spiro atoms. The summed E-state index contributed by atoms with van der Waals surface area (Å²) in [7, 11) is -3.74. The number of hydrogen-bond acceptors (Lipinski definition) is 6. The minimum Gasteiger partial charge on any atom is -0.423 e. The zero-order valence-electron chi connectivity index (χ0n) is 20.7. The van der Waals surface area contributed by atoms with E-state index in [1.54, 1.807) is 48.5 Å². The molecule has 0 aromatic heterocycles. The molecule has 0 radical (unpaired) electrons. The molecule has 0 atom stereocenters. The number of nitrogens with one attached hydrogen (secondary N) is 2. The molecular formula is C29H25N3O5S. The van der Waals surface area contributed by atoms with Gasteiger partial charge in [-0.05, 0) is 92.2 Å². The van der Waals surface area contributed by atoms with Gasteiger partial charge in [0.05, 0.1) is 16.7 Å². The maximum Gasteiger partial charge on any atom is 0.343 e. The first-order chi connectivity index (χ1) is 18.2. The van der Waals surface area contributed by atoms with E-state index in [0.717, 1.165) is 11.1 Å². The fraction of sp³-hybridized carbons (Fsp3) is 0.0690. The van der Waals surface area contributed by atoms with E-state index in [1.165, 1.54) is 42.6 Å². The fourth-order valence-electron chi connectivity index (χ4n) is 3.33. The first kappa shape index (κ1) is 26.3. The minimum atomic E-state index is -3.74. The summed E-state index contributed by atoms with van der Waals surface area (Å²) in [6.07, 6.45) is 1.45. The number of hydrazone groups is 1. The zero-order chi connectivity index (χ0) is 27.1. The summed E-state index contributed by atoms with van der Waals surface area (Å²) < 4.78 is 32.9. The molecule has 0 saturated heterocycles. The van der Waals surface area contributed by atoms with Crippen molar-refractivity contribution in [2.45, 2.75) is 18.7 Å². The molecule has 8 nitrogen and oxygen atoms in total. The van der Waals surface area contributed by atoms with Gasteiger partial charge in [0.2, 0.25) is 0 Å². The maximum absolute atomic E-state index is 12.5. The molecule has 0 fully saturated rings. The summed E-state index contributed by atoms with van der Waals surface area (Å²) in [5.41, 5.74) is 6.21. The van der Waals surface area contributed by atoms with Crippen molar-refractivity contribution >= 4 is 33.8 Å². The third-order valence-electron chi connectivity index (χ3n) is 5.49. The molecule has 0 aliphatic carbocycles. The third-order valence-corrected chi connectivity index (χ3v) is 6.89. The molecule has 4 aromatic carbocycles. The van der Waals surface area contributed by atoms with E-state index in [-0.39, 0.29) is 4.90 Å². The van der Waals surface area contributed by atoms with Crippen molar-refractivity contribution in [3.05, 3.63) is 125 Å². The van der Waals surface area contributed by atoms with Crippen molar-refractivity contribution in [1.82, 2.24) is 5.43 Å². The molecule has 4 rings (SSSR count). The minimum absolute atomic E-state index is 0.150. The molecule has 1 amide bonds. The van der Waals surface area contributed by atoms with Crippen LogP contribution in [0.3, 0.4) is 0 Å². The van der Waals surface area contributed by atoms with Crippen molar-refractivity contribution in [2.24, 2.45) is 5.10 Å². The molecule has 192 valence electrons. The topological polar surface area (TPSA) is 114 Å². The number of carbonyl (C=O) groups is 2. The average molecular weight is 528 g/mol. The van der Waals surface area contributed by atoms with Gasteiger partial charge in [-0.3, -0.25) is 9.52 Å². The summed E-state index contributed by atoms with van der Waals surface area (Å²) in [6, 6.07) is 26.2. The fourth-order valence-corrected chi connectivity index (χ4v) is 4.39. The van der Waals surface area contributed by atoms with Gasteiger partial charge in [-0.25, -0.2) is 18.6 Å². The van der Waals surface area contributed by atoms with E-state index in [4.69, 9.17) is 4.74 Å². The first-order valence-electron chi connectivity index (χ1n) is 11.6. The monoisotopic (exact) mass is 527 g/mol. The van der Waals surface area contributed by atoms with Crippen LogP contribution in [0, 0.1) is 13.8 Å². The Hall–Kier alpha value is -4.76. The highest BCUT2D eigenvalue weighted by Crippen LogP contribution is 2.18. The van der Waals surface area contributed by atoms with E-state index >= 15 is 0 Å². The van der Waals surface area contributed by atoms with Crippen LogP contribution in [0.4, 0.5) is 5.69 Å². The molecule has 0 aliphatic heterocycles. The highest BCUT2D eigenvalue weighted by atomic mass is 32.2. The number of ether oxygens (including phenoxy) is 1. The Morgan fingerprint density at radius 1 is 0.737 bits per heavy atom. The van der Waals surface area contributed by atoms with Crippen molar-refractivity contribution < 1.29 is 22.7 Å². The smallest absolute Gasteiger partial charge is 0.343 e. The second kappa shape index (κ2) is 11.5. The quantitative estimate of drug-likeness (QED) is 0.143. The molecule has 9 heteroatoms. The van der Waals surface area contributed by atoms with Crippen LogP contribution in [0.25, 0.3) is 0 Å². The number of anilines is 1. The van der Waals surface area contributed by atoms with Crippen LogP contribution in [0.1, 0.15) is 37.4 Å². The normalized spacial score (nSPS) is 11.2. The van der Waals surface area contributed by atoms with Crippen LogP contribution in [0.15, 0.2) is 107 Å². The van der Waals surface area contributed by atoms with Crippen LogP contribution < -0.4 is 14.9 Å². The third kappa shape index (κ3) is 6.92. The van der Waals surface area contributed by atoms with Crippen LogP contribution >= 0.6 is 0 Å². The van der Waals surface area contributed by atoms with Crippen LogP contribution in [-0.2, 0) is 10.0 Å². The Kier molecular flexibility index (Phi) is 7.98. The lowest BCUT2D eigenvalue weighted by atomic mass is 10.1. The number of benzene rings is 4. The van der Waals surface area contributed by atoms with Gasteiger partial charge in [-0.2, -0.15) is 5.10 Å². The van der Waals surface area contributed by atoms with Gasteiger partial charge < -0.3 is 4.74 Å². The number of rotatable bonds is 8. The summed E-state index contributed by atoms with van der Waals surface area (Å²) in [5.74, 6) is -0.527. The predicted molar refractivity (Wildman–Crippen MR) is 146 cm³/mol. The second-order valence-electron chi connectivity index (χ2n) is 8.52. The standard InChI is InChI=1S/C29H25N3O5S/c1-20-3-9-24(10-4-20)29(34)37-26-15-7-22(8-16-26)19-30-31-28(33)23-11-13-25(14-12-23)32-38(35,36)27-17-5-21(2)6-18-27/h3-19,32H,1-2H3,(H,31,33)/b30-19+. The lowest BCUT2D eigenvalue weighted by molar-refractivity contribution is 0.0734. The Morgan fingerprint density at radius 2 is 1.29 bits per heavy atom. The SMILES string of the molecule is Cc1ccc(C(=O)Oc2ccc(/C=N/NC(=O)c3ccc(NS(=O)(=O)c4ccc(C)cc4)cc3)cc2)cc1. The first-order valence-corrected chi connectivity index (χ1v) is 13.1. The lowest BCUT2D eigenvalue weighted by Gasteiger charge is -2.09.